The molecule has 18 heteroatoms. The summed E-state index contributed by atoms with van der Waals surface area (Å²) in [6.45, 7) is 7.54. The molecular weight excluding hydrogens is 1240 g/mol. The largest absolute Gasteiger partial charge is 0.504 e. The molecule has 0 aliphatic rings. The number of hydrogen-bond donors (Lipinski definition) is 8. The summed E-state index contributed by atoms with van der Waals surface area (Å²) < 4.78 is 9.07. The number of esters is 2. The van der Waals surface area contributed by atoms with E-state index in [9.17, 15) is 49.8 Å². The fourth-order valence-corrected chi connectivity index (χ4v) is 7.59. The molecule has 0 aromatic heterocycles. The molecule has 0 unspecified atom stereocenters. The van der Waals surface area contributed by atoms with Gasteiger partial charge >= 0.3 is 11.9 Å². The molecule has 0 radical (unpaired) electrons. The quantitative estimate of drug-likeness (QED) is 0.0153. The molecule has 8 N–H and O–H groups in total. The minimum atomic E-state index is -0.690. The first kappa shape index (κ1) is 64.2. The van der Waals surface area contributed by atoms with E-state index in [1.807, 2.05) is 50.2 Å². The average molecular weight is 1300 g/mol. The molecule has 0 amide bonds. The number of Topliss-reactive ketones (excluding diaryl/α,β-unsaturated/α-hetero) is 2. The molecule has 0 fully saturated rings. The Bertz CT molecular complexity index is 2630. The lowest BCUT2D eigenvalue weighted by Gasteiger charge is -2.14. The van der Waals surface area contributed by atoms with Crippen LogP contribution in [-0.2, 0) is 55.4 Å². The molecule has 14 nitrogen and oxygen atoms in total. The number of phenolic OH excluding ortho intramolecular Hbond substituents is 8. The van der Waals surface area contributed by atoms with E-state index in [0.29, 0.717) is 50.5 Å². The van der Waals surface area contributed by atoms with Crippen molar-refractivity contribution in [3.63, 3.8) is 0 Å². The standard InChI is InChI=1S/C17H17BrO3.C16H15BrO4.C13H17BrO3.C12H15BrO4/c18-11-13-4-7-14(8-5-13)15(19)3-1-2-12-6-9-16(20)17(21)10-12;17-10-12-1-4-13(5-2-12)16(20)21-8-7-11-3-6-14(18)15(19)9-11;1-13(2,14)12(17)5-3-4-9-6-7-10(15)11(16)8-9;1-12(2,13)11(16)17-6-5-8-3-4-9(14)10(15)7-8/h4-10,20-21H,1-3,11H2;1-6,9,18-19H,7-8,10H2;6-8,15-16H,3-5H2,1-2H3;3-4,7,14-15H,5-6H2,1-2H3. The molecule has 6 aromatic rings. The summed E-state index contributed by atoms with van der Waals surface area (Å²) in [6.07, 6.45) is 4.78. The van der Waals surface area contributed by atoms with Crippen LogP contribution in [0.4, 0.5) is 0 Å². The number of hydrogen-bond acceptors (Lipinski definition) is 14. The number of ether oxygens (including phenoxy) is 2. The third-order valence-electron chi connectivity index (χ3n) is 11.1. The van der Waals surface area contributed by atoms with Gasteiger partial charge < -0.3 is 50.3 Å². The predicted octanol–water partition coefficient (Wildman–Crippen LogP) is 13.1. The molecule has 408 valence electrons. The Morgan fingerprint density at radius 3 is 1.08 bits per heavy atom. The van der Waals surface area contributed by atoms with Crippen LogP contribution in [0.2, 0.25) is 0 Å². The summed E-state index contributed by atoms with van der Waals surface area (Å²) in [5, 5.41) is 75.6. The van der Waals surface area contributed by atoms with Crippen molar-refractivity contribution in [2.24, 2.45) is 0 Å². The number of halogens is 4. The van der Waals surface area contributed by atoms with Gasteiger partial charge in [0.1, 0.15) is 10.1 Å². The van der Waals surface area contributed by atoms with Gasteiger partial charge in [0.15, 0.2) is 51.8 Å². The minimum Gasteiger partial charge on any atom is -0.504 e. The topological polar surface area (TPSA) is 249 Å². The molecule has 0 aliphatic heterocycles. The zero-order valence-corrected chi connectivity index (χ0v) is 48.9. The Balaban J connectivity index is 0.000000268. The van der Waals surface area contributed by atoms with Gasteiger partial charge in [0.05, 0.1) is 23.1 Å². The van der Waals surface area contributed by atoms with Crippen LogP contribution in [0, 0.1) is 0 Å². The first-order valence-corrected chi connectivity index (χ1v) is 27.8. The van der Waals surface area contributed by atoms with E-state index in [4.69, 9.17) is 19.7 Å². The Morgan fingerprint density at radius 2 is 0.737 bits per heavy atom. The zero-order valence-electron chi connectivity index (χ0n) is 42.6. The highest BCUT2D eigenvalue weighted by molar-refractivity contribution is 9.10. The van der Waals surface area contributed by atoms with Gasteiger partial charge in [-0.1, -0.05) is 124 Å². The Labute approximate surface area is 476 Å². The summed E-state index contributed by atoms with van der Waals surface area (Å²) in [5.74, 6) is -1.57. The molecule has 76 heavy (non-hydrogen) atoms. The van der Waals surface area contributed by atoms with Crippen LogP contribution < -0.4 is 0 Å². The van der Waals surface area contributed by atoms with E-state index in [1.165, 1.54) is 48.5 Å². The smallest absolute Gasteiger partial charge is 0.338 e. The summed E-state index contributed by atoms with van der Waals surface area (Å²) >= 11 is 13.3. The maximum Gasteiger partial charge on any atom is 0.338 e. The van der Waals surface area contributed by atoms with Crippen molar-refractivity contribution in [3.8, 4) is 46.0 Å². The van der Waals surface area contributed by atoms with E-state index in [1.54, 1.807) is 50.2 Å². The third-order valence-corrected chi connectivity index (χ3v) is 13.1. The van der Waals surface area contributed by atoms with E-state index < -0.39 is 8.65 Å². The molecule has 0 heterocycles. The van der Waals surface area contributed by atoms with Crippen LogP contribution >= 0.6 is 63.7 Å². The first-order valence-electron chi connectivity index (χ1n) is 23.9. The molecule has 6 aromatic carbocycles. The third kappa shape index (κ3) is 23.4. The van der Waals surface area contributed by atoms with Crippen LogP contribution in [0.3, 0.4) is 0 Å². The fourth-order valence-electron chi connectivity index (χ4n) is 6.53. The van der Waals surface area contributed by atoms with Crippen LogP contribution in [-0.4, -0.2) is 86.2 Å². The lowest BCUT2D eigenvalue weighted by atomic mass is 10.0. The van der Waals surface area contributed by atoms with Gasteiger partial charge in [0.25, 0.3) is 0 Å². The normalized spacial score (nSPS) is 10.8. The van der Waals surface area contributed by atoms with Crippen molar-refractivity contribution < 1.29 is 69.5 Å². The molecule has 6 rings (SSSR count). The van der Waals surface area contributed by atoms with Crippen molar-refractivity contribution in [2.75, 3.05) is 13.2 Å². The highest BCUT2D eigenvalue weighted by Crippen LogP contribution is 2.29. The average Bonchev–Trinajstić information content (AvgIpc) is 3.38. The Kier molecular flexibility index (Phi) is 26.9. The van der Waals surface area contributed by atoms with Crippen molar-refractivity contribution in [1.82, 2.24) is 0 Å². The van der Waals surface area contributed by atoms with E-state index >= 15 is 0 Å². The van der Waals surface area contributed by atoms with E-state index in [-0.39, 0.29) is 82.7 Å². The monoisotopic (exact) mass is 1300 g/mol. The number of phenols is 8. The summed E-state index contributed by atoms with van der Waals surface area (Å²) in [5.41, 5.74) is 6.88. The van der Waals surface area contributed by atoms with Gasteiger partial charge in [-0.25, -0.2) is 4.79 Å². The fraction of sp³-hybridized carbons (Fsp3) is 0.310. The number of ketones is 2. The number of carbonyl (C=O) groups is 4. The van der Waals surface area contributed by atoms with Crippen molar-refractivity contribution >= 4 is 87.2 Å². The highest BCUT2D eigenvalue weighted by atomic mass is 79.9. The summed E-state index contributed by atoms with van der Waals surface area (Å²) in [4.78, 5) is 46.9. The van der Waals surface area contributed by atoms with Crippen molar-refractivity contribution in [1.29, 1.82) is 0 Å². The predicted molar refractivity (Wildman–Crippen MR) is 307 cm³/mol. The first-order chi connectivity index (χ1) is 35.8. The Hall–Kier alpha value is -6.08. The molecule has 0 atom stereocenters. The maximum atomic E-state index is 12.1. The van der Waals surface area contributed by atoms with Gasteiger partial charge in [-0.3, -0.25) is 14.4 Å². The van der Waals surface area contributed by atoms with Crippen molar-refractivity contribution in [3.05, 3.63) is 166 Å². The second kappa shape index (κ2) is 31.8. The van der Waals surface area contributed by atoms with Gasteiger partial charge in [-0.05, 0) is 147 Å². The molecule has 0 bridgehead atoms. The molecule has 0 saturated carbocycles. The summed E-state index contributed by atoms with van der Waals surface area (Å²) in [6, 6.07) is 33.3. The SMILES string of the molecule is CC(C)(Br)C(=O)CCCc1ccc(O)c(O)c1.CC(C)(Br)C(=O)OCCc1ccc(O)c(O)c1.O=C(CCCc1ccc(O)c(O)c1)c1ccc(CBr)cc1.O=C(OCCc1ccc(O)c(O)c1)c1ccc(CBr)cc1. The highest BCUT2D eigenvalue weighted by Gasteiger charge is 2.25. The number of rotatable bonds is 20. The van der Waals surface area contributed by atoms with Crippen LogP contribution in [0.5, 0.6) is 46.0 Å². The lowest BCUT2D eigenvalue weighted by molar-refractivity contribution is -0.145. The van der Waals surface area contributed by atoms with Crippen molar-refractivity contribution in [2.45, 2.75) is 98.4 Å². The molecule has 0 saturated heterocycles. The van der Waals surface area contributed by atoms with Gasteiger partial charge in [0, 0.05) is 41.9 Å². The Morgan fingerprint density at radius 1 is 0.408 bits per heavy atom. The minimum absolute atomic E-state index is 0.116. The number of aryl methyl sites for hydroxylation is 2. The second-order valence-corrected chi connectivity index (χ2v) is 23.3. The molecule has 0 aliphatic carbocycles. The van der Waals surface area contributed by atoms with Crippen LogP contribution in [0.1, 0.15) is 107 Å². The number of alkyl halides is 4. The maximum absolute atomic E-state index is 12.1. The molecule has 0 spiro atoms. The summed E-state index contributed by atoms with van der Waals surface area (Å²) in [7, 11) is 0. The van der Waals surface area contributed by atoms with E-state index in [0.717, 1.165) is 56.0 Å². The number of aromatic hydroxyl groups is 8. The second-order valence-electron chi connectivity index (χ2n) is 18.2. The lowest BCUT2D eigenvalue weighted by Crippen LogP contribution is -2.27. The van der Waals surface area contributed by atoms with Gasteiger partial charge in [-0.15, -0.1) is 0 Å². The van der Waals surface area contributed by atoms with Crippen LogP contribution in [0.25, 0.3) is 0 Å². The van der Waals surface area contributed by atoms with Gasteiger partial charge in [0.2, 0.25) is 0 Å². The number of benzene rings is 6. The zero-order chi connectivity index (χ0) is 56.6. The van der Waals surface area contributed by atoms with Crippen LogP contribution in [0.15, 0.2) is 121 Å². The molecular formula is C58H64Br4O14. The number of carbonyl (C=O) groups excluding carboxylic acids is 4. The van der Waals surface area contributed by atoms with Gasteiger partial charge in [-0.2, -0.15) is 0 Å². The van der Waals surface area contributed by atoms with E-state index in [2.05, 4.69) is 63.7 Å².